The summed E-state index contributed by atoms with van der Waals surface area (Å²) in [5.41, 5.74) is 2.18. The van der Waals surface area contributed by atoms with Crippen molar-refractivity contribution in [2.75, 3.05) is 18.5 Å². The monoisotopic (exact) mass is 427 g/mol. The van der Waals surface area contributed by atoms with Gasteiger partial charge in [-0.25, -0.2) is 17.6 Å². The first-order valence-electron chi connectivity index (χ1n) is 9.19. The SMILES string of the molecule is COC(=O)c1cc(F)c(-c2ccccc2)cc1N(C)S(=O)(=O)c1cc(C)cc(C)c1. The van der Waals surface area contributed by atoms with Gasteiger partial charge in [-0.1, -0.05) is 36.4 Å². The van der Waals surface area contributed by atoms with E-state index in [0.29, 0.717) is 5.56 Å². The average molecular weight is 427 g/mol. The summed E-state index contributed by atoms with van der Waals surface area (Å²) in [5, 5.41) is 0. The van der Waals surface area contributed by atoms with E-state index in [9.17, 15) is 17.6 Å². The first kappa shape index (κ1) is 21.5. The van der Waals surface area contributed by atoms with Gasteiger partial charge < -0.3 is 4.74 Å². The Balaban J connectivity index is 2.22. The maximum Gasteiger partial charge on any atom is 0.340 e. The number of sulfonamides is 1. The minimum Gasteiger partial charge on any atom is -0.465 e. The second-order valence-corrected chi connectivity index (χ2v) is 8.97. The van der Waals surface area contributed by atoms with Crippen molar-refractivity contribution in [2.45, 2.75) is 18.7 Å². The van der Waals surface area contributed by atoms with Crippen LogP contribution in [-0.2, 0) is 14.8 Å². The highest BCUT2D eigenvalue weighted by molar-refractivity contribution is 7.92. The summed E-state index contributed by atoms with van der Waals surface area (Å²) in [6, 6.07) is 16.0. The van der Waals surface area contributed by atoms with Crippen LogP contribution in [0.1, 0.15) is 21.5 Å². The van der Waals surface area contributed by atoms with E-state index in [1.807, 2.05) is 6.07 Å². The molecule has 0 saturated heterocycles. The molecule has 0 atom stereocenters. The lowest BCUT2D eigenvalue weighted by molar-refractivity contribution is 0.0601. The molecule has 0 amide bonds. The van der Waals surface area contributed by atoms with Gasteiger partial charge in [0.05, 0.1) is 23.3 Å². The van der Waals surface area contributed by atoms with E-state index in [2.05, 4.69) is 0 Å². The number of rotatable bonds is 5. The normalized spacial score (nSPS) is 11.2. The molecule has 0 N–H and O–H groups in total. The van der Waals surface area contributed by atoms with Gasteiger partial charge in [0.15, 0.2) is 0 Å². The number of halogens is 1. The number of ether oxygens (including phenoxy) is 1. The molecule has 0 bridgehead atoms. The summed E-state index contributed by atoms with van der Waals surface area (Å²) in [4.78, 5) is 12.4. The van der Waals surface area contributed by atoms with Gasteiger partial charge >= 0.3 is 5.97 Å². The zero-order chi connectivity index (χ0) is 22.1. The van der Waals surface area contributed by atoms with E-state index in [4.69, 9.17) is 4.74 Å². The van der Waals surface area contributed by atoms with E-state index in [0.717, 1.165) is 28.6 Å². The number of carbonyl (C=O) groups excluding carboxylic acids is 1. The maximum atomic E-state index is 14.8. The van der Waals surface area contributed by atoms with Crippen LogP contribution < -0.4 is 4.31 Å². The third-order valence-electron chi connectivity index (χ3n) is 4.77. The van der Waals surface area contributed by atoms with Crippen LogP contribution in [0.25, 0.3) is 11.1 Å². The minimum absolute atomic E-state index is 0.0289. The van der Waals surface area contributed by atoms with Crippen LogP contribution in [0, 0.1) is 19.7 Å². The molecule has 30 heavy (non-hydrogen) atoms. The molecule has 3 aromatic rings. The van der Waals surface area contributed by atoms with Crippen molar-refractivity contribution in [3.63, 3.8) is 0 Å². The molecule has 0 heterocycles. The lowest BCUT2D eigenvalue weighted by atomic mass is 10.0. The molecular formula is C23H22FNO4S. The van der Waals surface area contributed by atoms with Crippen LogP contribution in [0.3, 0.4) is 0 Å². The molecule has 0 aliphatic rings. The molecule has 0 saturated carbocycles. The van der Waals surface area contributed by atoms with Gasteiger partial charge in [-0.2, -0.15) is 0 Å². The Hall–Kier alpha value is -3.19. The van der Waals surface area contributed by atoms with Gasteiger partial charge in [-0.05, 0) is 54.8 Å². The molecule has 3 rings (SSSR count). The Kier molecular flexibility index (Phi) is 5.94. The van der Waals surface area contributed by atoms with Crippen LogP contribution in [0.2, 0.25) is 0 Å². The van der Waals surface area contributed by atoms with Crippen molar-refractivity contribution in [3.8, 4) is 11.1 Å². The number of nitrogens with zero attached hydrogens (tertiary/aromatic N) is 1. The highest BCUT2D eigenvalue weighted by atomic mass is 32.2. The second kappa shape index (κ2) is 8.28. The Morgan fingerprint density at radius 2 is 1.57 bits per heavy atom. The van der Waals surface area contributed by atoms with Gasteiger partial charge in [0.1, 0.15) is 5.82 Å². The molecule has 7 heteroatoms. The lowest BCUT2D eigenvalue weighted by Crippen LogP contribution is -2.28. The third-order valence-corrected chi connectivity index (χ3v) is 6.52. The van der Waals surface area contributed by atoms with Crippen molar-refractivity contribution in [1.82, 2.24) is 0 Å². The third kappa shape index (κ3) is 4.07. The quantitative estimate of drug-likeness (QED) is 0.553. The number of hydrogen-bond donors (Lipinski definition) is 0. The predicted molar refractivity (Wildman–Crippen MR) is 115 cm³/mol. The van der Waals surface area contributed by atoms with Gasteiger partial charge in [0.25, 0.3) is 10.0 Å². The minimum atomic E-state index is -4.01. The van der Waals surface area contributed by atoms with E-state index in [1.54, 1.807) is 56.3 Å². The molecule has 0 aliphatic heterocycles. The van der Waals surface area contributed by atoms with Crippen LogP contribution in [0.4, 0.5) is 10.1 Å². The van der Waals surface area contributed by atoms with Gasteiger partial charge in [0, 0.05) is 12.6 Å². The zero-order valence-corrected chi connectivity index (χ0v) is 18.0. The van der Waals surface area contributed by atoms with E-state index >= 15 is 0 Å². The highest BCUT2D eigenvalue weighted by Crippen LogP contribution is 2.34. The molecule has 0 aromatic heterocycles. The number of carbonyl (C=O) groups is 1. The number of methoxy groups -OCH3 is 1. The summed E-state index contributed by atoms with van der Waals surface area (Å²) < 4.78 is 47.2. The fourth-order valence-electron chi connectivity index (χ4n) is 3.30. The first-order chi connectivity index (χ1) is 14.1. The van der Waals surface area contributed by atoms with Crippen molar-refractivity contribution in [1.29, 1.82) is 0 Å². The molecule has 0 unspecified atom stereocenters. The molecule has 0 spiro atoms. The number of hydrogen-bond acceptors (Lipinski definition) is 4. The molecular weight excluding hydrogens is 405 g/mol. The van der Waals surface area contributed by atoms with Gasteiger partial charge in [-0.15, -0.1) is 0 Å². The number of anilines is 1. The highest BCUT2D eigenvalue weighted by Gasteiger charge is 2.28. The Labute approximate surface area is 175 Å². The summed E-state index contributed by atoms with van der Waals surface area (Å²) in [6.45, 7) is 3.61. The van der Waals surface area contributed by atoms with Crippen LogP contribution >= 0.6 is 0 Å². The molecule has 0 radical (unpaired) electrons. The first-order valence-corrected chi connectivity index (χ1v) is 10.6. The van der Waals surface area contributed by atoms with Crippen LogP contribution in [0.15, 0.2) is 65.6 Å². The summed E-state index contributed by atoms with van der Waals surface area (Å²) in [7, 11) is -1.51. The summed E-state index contributed by atoms with van der Waals surface area (Å²) in [6.07, 6.45) is 0. The zero-order valence-electron chi connectivity index (χ0n) is 17.1. The van der Waals surface area contributed by atoms with Crippen molar-refractivity contribution in [3.05, 3.63) is 83.2 Å². The number of aryl methyl sites for hydroxylation is 2. The van der Waals surface area contributed by atoms with E-state index in [-0.39, 0.29) is 21.7 Å². The van der Waals surface area contributed by atoms with Gasteiger partial charge in [0.2, 0.25) is 0 Å². The Bertz CT molecular complexity index is 1190. The second-order valence-electron chi connectivity index (χ2n) is 7.00. The molecule has 5 nitrogen and oxygen atoms in total. The lowest BCUT2D eigenvalue weighted by Gasteiger charge is -2.23. The van der Waals surface area contributed by atoms with Crippen molar-refractivity contribution < 1.29 is 22.3 Å². The average Bonchev–Trinajstić information content (AvgIpc) is 2.72. The smallest absolute Gasteiger partial charge is 0.340 e. The molecule has 0 fully saturated rings. The van der Waals surface area contributed by atoms with Crippen molar-refractivity contribution >= 4 is 21.7 Å². The Morgan fingerprint density at radius 3 is 2.13 bits per heavy atom. The van der Waals surface area contributed by atoms with Gasteiger partial charge in [-0.3, -0.25) is 4.31 Å². The summed E-state index contributed by atoms with van der Waals surface area (Å²) in [5.74, 6) is -1.48. The van der Waals surface area contributed by atoms with E-state index in [1.165, 1.54) is 13.1 Å². The largest absolute Gasteiger partial charge is 0.465 e. The van der Waals surface area contributed by atoms with E-state index < -0.39 is 21.8 Å². The van der Waals surface area contributed by atoms with Crippen LogP contribution in [-0.4, -0.2) is 28.5 Å². The fraction of sp³-hybridized carbons (Fsp3) is 0.174. The molecule has 0 aliphatic carbocycles. The Morgan fingerprint density at radius 1 is 0.967 bits per heavy atom. The molecule has 3 aromatic carbocycles. The predicted octanol–water partition coefficient (Wildman–Crippen LogP) is 4.72. The number of benzene rings is 3. The van der Waals surface area contributed by atoms with Crippen molar-refractivity contribution in [2.24, 2.45) is 0 Å². The summed E-state index contributed by atoms with van der Waals surface area (Å²) >= 11 is 0. The maximum absolute atomic E-state index is 14.8. The van der Waals surface area contributed by atoms with Crippen LogP contribution in [0.5, 0.6) is 0 Å². The number of esters is 1. The standard InChI is InChI=1S/C23H22FNO4S/c1-15-10-16(2)12-18(11-15)30(27,28)25(3)22-14-19(17-8-6-5-7-9-17)21(24)13-20(22)23(26)29-4/h5-14H,1-4H3. The topological polar surface area (TPSA) is 63.7 Å². The molecule has 156 valence electrons. The fourth-order valence-corrected chi connectivity index (χ4v) is 4.70.